The van der Waals surface area contributed by atoms with E-state index in [0.717, 1.165) is 26.1 Å². The first-order chi connectivity index (χ1) is 9.34. The van der Waals surface area contributed by atoms with E-state index in [1.54, 1.807) is 12.3 Å². The molecule has 3 rings (SSSR count). The fraction of sp³-hybridized carbons (Fsp3) is 0.600. The van der Waals surface area contributed by atoms with Crippen LogP contribution in [0.1, 0.15) is 36.2 Å². The zero-order valence-electron chi connectivity index (χ0n) is 11.2. The number of rotatable bonds is 2. The monoisotopic (exact) mass is 259 g/mol. The average molecular weight is 259 g/mol. The van der Waals surface area contributed by atoms with E-state index in [4.69, 9.17) is 0 Å². The molecule has 0 aromatic carbocycles. The van der Waals surface area contributed by atoms with Crippen molar-refractivity contribution in [3.63, 3.8) is 0 Å². The van der Waals surface area contributed by atoms with Crippen LogP contribution in [-0.2, 0) is 0 Å². The first-order valence-corrected chi connectivity index (χ1v) is 7.28. The summed E-state index contributed by atoms with van der Waals surface area (Å²) in [7, 11) is 0. The van der Waals surface area contributed by atoms with Crippen molar-refractivity contribution in [2.75, 3.05) is 19.6 Å². The second-order valence-corrected chi connectivity index (χ2v) is 5.57. The van der Waals surface area contributed by atoms with Crippen LogP contribution in [-0.4, -0.2) is 41.5 Å². The Morgan fingerprint density at radius 1 is 1.32 bits per heavy atom. The van der Waals surface area contributed by atoms with Gasteiger partial charge >= 0.3 is 0 Å². The van der Waals surface area contributed by atoms with Gasteiger partial charge in [-0.15, -0.1) is 0 Å². The first kappa shape index (κ1) is 12.6. The summed E-state index contributed by atoms with van der Waals surface area (Å²) in [6, 6.07) is 6.14. The molecule has 2 aliphatic heterocycles. The molecule has 0 radical (unpaired) electrons. The Morgan fingerprint density at radius 2 is 2.26 bits per heavy atom. The van der Waals surface area contributed by atoms with Gasteiger partial charge in [0.05, 0.1) is 0 Å². The van der Waals surface area contributed by atoms with Crippen molar-refractivity contribution in [3.8, 4) is 0 Å². The number of carbonyl (C=O) groups is 1. The zero-order valence-corrected chi connectivity index (χ0v) is 11.2. The number of aromatic nitrogens is 1. The van der Waals surface area contributed by atoms with Crippen molar-refractivity contribution >= 4 is 5.91 Å². The van der Waals surface area contributed by atoms with Crippen molar-refractivity contribution in [3.05, 3.63) is 30.1 Å². The molecule has 1 amide bonds. The molecule has 0 aliphatic carbocycles. The Balaban J connectivity index is 1.66. The normalized spacial score (nSPS) is 27.5. The number of amides is 1. The third-order valence-corrected chi connectivity index (χ3v) is 4.30. The van der Waals surface area contributed by atoms with Crippen molar-refractivity contribution in [2.45, 2.75) is 31.7 Å². The molecule has 2 unspecified atom stereocenters. The van der Waals surface area contributed by atoms with Crippen molar-refractivity contribution < 1.29 is 4.79 Å². The van der Waals surface area contributed by atoms with Gasteiger partial charge in [0.1, 0.15) is 5.69 Å². The maximum absolute atomic E-state index is 12.4. The third kappa shape index (κ3) is 2.78. The van der Waals surface area contributed by atoms with Crippen LogP contribution in [0.4, 0.5) is 0 Å². The van der Waals surface area contributed by atoms with E-state index < -0.39 is 0 Å². The maximum atomic E-state index is 12.4. The molecule has 19 heavy (non-hydrogen) atoms. The molecule has 2 saturated heterocycles. The highest BCUT2D eigenvalue weighted by atomic mass is 16.2. The Hall–Kier alpha value is -1.42. The van der Waals surface area contributed by atoms with Crippen molar-refractivity contribution in [1.29, 1.82) is 0 Å². The summed E-state index contributed by atoms with van der Waals surface area (Å²) in [6.45, 7) is 2.89. The number of carbonyl (C=O) groups excluding carboxylic acids is 1. The molecule has 2 aliphatic rings. The highest BCUT2D eigenvalue weighted by molar-refractivity contribution is 5.92. The smallest absolute Gasteiger partial charge is 0.272 e. The summed E-state index contributed by atoms with van der Waals surface area (Å²) in [6.07, 6.45) is 6.57. The maximum Gasteiger partial charge on any atom is 0.272 e. The predicted molar refractivity (Wildman–Crippen MR) is 73.9 cm³/mol. The van der Waals surface area contributed by atoms with E-state index in [-0.39, 0.29) is 5.91 Å². The zero-order chi connectivity index (χ0) is 13.1. The minimum absolute atomic E-state index is 0.0864. The average Bonchev–Trinajstić information content (AvgIpc) is 3.02. The first-order valence-electron chi connectivity index (χ1n) is 7.28. The molecular formula is C15H21N3O. The van der Waals surface area contributed by atoms with E-state index in [0.29, 0.717) is 17.7 Å². The van der Waals surface area contributed by atoms with Crippen LogP contribution in [0.15, 0.2) is 24.4 Å². The van der Waals surface area contributed by atoms with E-state index in [1.165, 1.54) is 19.3 Å². The molecule has 4 nitrogen and oxygen atoms in total. The molecule has 0 saturated carbocycles. The predicted octanol–water partition coefficient (Wildman–Crippen LogP) is 1.69. The second kappa shape index (κ2) is 5.70. The standard InChI is InChI=1S/C15H21N3O/c19-15(14-6-1-2-8-17-14)18-10-4-5-12(11-18)13-7-3-9-16-13/h1-2,6,8,12-13,16H,3-5,7,9-11H2. The van der Waals surface area contributed by atoms with Crippen molar-refractivity contribution in [1.82, 2.24) is 15.2 Å². The fourth-order valence-electron chi connectivity index (χ4n) is 3.29. The van der Waals surface area contributed by atoms with Crippen LogP contribution in [0, 0.1) is 5.92 Å². The molecular weight excluding hydrogens is 238 g/mol. The van der Waals surface area contributed by atoms with Gasteiger partial charge in [-0.05, 0) is 50.3 Å². The lowest BCUT2D eigenvalue weighted by Crippen LogP contribution is -2.46. The van der Waals surface area contributed by atoms with Crippen LogP contribution in [0.25, 0.3) is 0 Å². The van der Waals surface area contributed by atoms with Crippen LogP contribution in [0.2, 0.25) is 0 Å². The Bertz CT molecular complexity index is 428. The number of nitrogens with one attached hydrogen (secondary N) is 1. The molecule has 0 spiro atoms. The molecule has 2 atom stereocenters. The molecule has 102 valence electrons. The summed E-state index contributed by atoms with van der Waals surface area (Å²) in [5.74, 6) is 0.701. The third-order valence-electron chi connectivity index (χ3n) is 4.30. The number of likely N-dealkylation sites (tertiary alicyclic amines) is 1. The SMILES string of the molecule is O=C(c1ccccn1)N1CCCC(C2CCCN2)C1. The van der Waals surface area contributed by atoms with Crippen LogP contribution in [0.3, 0.4) is 0 Å². The minimum atomic E-state index is 0.0864. The highest BCUT2D eigenvalue weighted by Crippen LogP contribution is 2.25. The number of piperidine rings is 1. The van der Waals surface area contributed by atoms with Gasteiger partial charge in [0.2, 0.25) is 0 Å². The van der Waals surface area contributed by atoms with E-state index in [9.17, 15) is 4.79 Å². The van der Waals surface area contributed by atoms with Gasteiger partial charge in [0, 0.05) is 25.3 Å². The molecule has 1 N–H and O–H groups in total. The molecule has 3 heterocycles. The van der Waals surface area contributed by atoms with E-state index >= 15 is 0 Å². The van der Waals surface area contributed by atoms with Crippen molar-refractivity contribution in [2.24, 2.45) is 5.92 Å². The van der Waals surface area contributed by atoms with Crippen LogP contribution in [0.5, 0.6) is 0 Å². The topological polar surface area (TPSA) is 45.2 Å². The highest BCUT2D eigenvalue weighted by Gasteiger charge is 2.31. The van der Waals surface area contributed by atoms with Gasteiger partial charge in [-0.2, -0.15) is 0 Å². The van der Waals surface area contributed by atoms with Crippen LogP contribution < -0.4 is 5.32 Å². The number of pyridine rings is 1. The molecule has 1 aromatic heterocycles. The van der Waals surface area contributed by atoms with Gasteiger partial charge in [0.15, 0.2) is 0 Å². The Labute approximate surface area is 114 Å². The summed E-state index contributed by atoms with van der Waals surface area (Å²) in [5.41, 5.74) is 0.572. The van der Waals surface area contributed by atoms with Gasteiger partial charge < -0.3 is 10.2 Å². The Morgan fingerprint density at radius 3 is 3.00 bits per heavy atom. The molecule has 1 aromatic rings. The number of hydrogen-bond donors (Lipinski definition) is 1. The quantitative estimate of drug-likeness (QED) is 0.879. The second-order valence-electron chi connectivity index (χ2n) is 5.57. The summed E-state index contributed by atoms with van der Waals surface area (Å²) >= 11 is 0. The summed E-state index contributed by atoms with van der Waals surface area (Å²) in [4.78, 5) is 18.6. The lowest BCUT2D eigenvalue weighted by molar-refractivity contribution is 0.0645. The van der Waals surface area contributed by atoms with Gasteiger partial charge in [-0.1, -0.05) is 6.07 Å². The number of nitrogens with zero attached hydrogens (tertiary/aromatic N) is 2. The summed E-state index contributed by atoms with van der Waals surface area (Å²) in [5, 5.41) is 3.57. The van der Waals surface area contributed by atoms with Crippen LogP contribution >= 0.6 is 0 Å². The lowest BCUT2D eigenvalue weighted by Gasteiger charge is -2.35. The summed E-state index contributed by atoms with van der Waals surface area (Å²) < 4.78 is 0. The van der Waals surface area contributed by atoms with Gasteiger partial charge in [-0.3, -0.25) is 9.78 Å². The molecule has 4 heteroatoms. The minimum Gasteiger partial charge on any atom is -0.337 e. The number of hydrogen-bond acceptors (Lipinski definition) is 3. The largest absolute Gasteiger partial charge is 0.337 e. The van der Waals surface area contributed by atoms with E-state index in [2.05, 4.69) is 10.3 Å². The Kier molecular flexibility index (Phi) is 3.78. The fourth-order valence-corrected chi connectivity index (χ4v) is 3.29. The molecule has 2 fully saturated rings. The lowest BCUT2D eigenvalue weighted by atomic mass is 9.89. The molecule has 0 bridgehead atoms. The van der Waals surface area contributed by atoms with Gasteiger partial charge in [0.25, 0.3) is 5.91 Å². The van der Waals surface area contributed by atoms with E-state index in [1.807, 2.05) is 17.0 Å². The van der Waals surface area contributed by atoms with Gasteiger partial charge in [-0.25, -0.2) is 0 Å².